The maximum absolute atomic E-state index is 12.5. The minimum absolute atomic E-state index is 0.277. The van der Waals surface area contributed by atoms with Crippen molar-refractivity contribution in [1.82, 2.24) is 9.80 Å². The summed E-state index contributed by atoms with van der Waals surface area (Å²) < 4.78 is 10.7. The molecule has 1 aromatic rings. The van der Waals surface area contributed by atoms with Gasteiger partial charge in [0.15, 0.2) is 11.5 Å². The molecule has 0 atom stereocenters. The molecule has 4 rings (SSSR count). The lowest BCUT2D eigenvalue weighted by atomic mass is 10.1. The summed E-state index contributed by atoms with van der Waals surface area (Å²) in [4.78, 5) is 17.1. The van der Waals surface area contributed by atoms with E-state index in [1.807, 2.05) is 23.1 Å². The van der Waals surface area contributed by atoms with Crippen LogP contribution in [-0.2, 0) is 11.2 Å². The van der Waals surface area contributed by atoms with Crippen LogP contribution in [0.1, 0.15) is 37.7 Å². The maximum atomic E-state index is 12.5. The summed E-state index contributed by atoms with van der Waals surface area (Å²) in [6, 6.07) is 6.73. The quantitative estimate of drug-likeness (QED) is 0.850. The first-order valence-corrected chi connectivity index (χ1v) is 9.20. The number of fused-ring (bicyclic) bond motifs is 1. The Labute approximate surface area is 143 Å². The molecular weight excluding hydrogens is 304 g/mol. The third-order valence-electron chi connectivity index (χ3n) is 5.57. The smallest absolute Gasteiger partial charge is 0.231 e. The molecule has 24 heavy (non-hydrogen) atoms. The van der Waals surface area contributed by atoms with Gasteiger partial charge < -0.3 is 14.4 Å². The van der Waals surface area contributed by atoms with E-state index >= 15 is 0 Å². The summed E-state index contributed by atoms with van der Waals surface area (Å²) in [6.45, 7) is 4.15. The number of hydrogen-bond acceptors (Lipinski definition) is 4. The van der Waals surface area contributed by atoms with E-state index in [1.165, 1.54) is 25.7 Å². The van der Waals surface area contributed by atoms with E-state index in [2.05, 4.69) is 4.90 Å². The van der Waals surface area contributed by atoms with Crippen molar-refractivity contribution in [2.75, 3.05) is 33.0 Å². The summed E-state index contributed by atoms with van der Waals surface area (Å²) in [5.41, 5.74) is 1.14. The topological polar surface area (TPSA) is 42.0 Å². The molecule has 1 saturated heterocycles. The van der Waals surface area contributed by atoms with Gasteiger partial charge in [-0.1, -0.05) is 18.9 Å². The summed E-state index contributed by atoms with van der Waals surface area (Å²) in [5, 5.41) is 0. The zero-order valence-corrected chi connectivity index (χ0v) is 14.2. The molecule has 3 aliphatic rings. The van der Waals surface area contributed by atoms with Crippen molar-refractivity contribution in [3.8, 4) is 11.5 Å². The Bertz CT molecular complexity index is 590. The van der Waals surface area contributed by atoms with E-state index in [1.54, 1.807) is 0 Å². The van der Waals surface area contributed by atoms with Gasteiger partial charge in [-0.05, 0) is 37.0 Å². The van der Waals surface area contributed by atoms with Crippen LogP contribution in [0, 0.1) is 0 Å². The Balaban J connectivity index is 1.25. The molecule has 2 heterocycles. The van der Waals surface area contributed by atoms with E-state index in [0.717, 1.165) is 55.7 Å². The first kappa shape index (κ1) is 15.8. The zero-order chi connectivity index (χ0) is 16.4. The lowest BCUT2D eigenvalue weighted by Gasteiger charge is -2.38. The van der Waals surface area contributed by atoms with Gasteiger partial charge in [-0.15, -0.1) is 0 Å². The van der Waals surface area contributed by atoms with Crippen LogP contribution < -0.4 is 9.47 Å². The number of aryl methyl sites for hydroxylation is 1. The molecule has 130 valence electrons. The molecule has 1 saturated carbocycles. The summed E-state index contributed by atoms with van der Waals surface area (Å²) >= 11 is 0. The van der Waals surface area contributed by atoms with Crippen molar-refractivity contribution in [2.45, 2.75) is 44.6 Å². The molecule has 2 fully saturated rings. The maximum Gasteiger partial charge on any atom is 0.231 e. The van der Waals surface area contributed by atoms with Crippen LogP contribution in [0.4, 0.5) is 0 Å². The largest absolute Gasteiger partial charge is 0.454 e. The van der Waals surface area contributed by atoms with E-state index in [9.17, 15) is 4.79 Å². The summed E-state index contributed by atoms with van der Waals surface area (Å²) in [5.74, 6) is 1.87. The number of ether oxygens (including phenoxy) is 2. The number of piperazine rings is 1. The van der Waals surface area contributed by atoms with Gasteiger partial charge in [0, 0.05) is 38.6 Å². The third kappa shape index (κ3) is 3.36. The second kappa shape index (κ2) is 7.01. The average Bonchev–Trinajstić information content (AvgIpc) is 3.31. The minimum Gasteiger partial charge on any atom is -0.454 e. The average molecular weight is 330 g/mol. The van der Waals surface area contributed by atoms with Gasteiger partial charge in [0.05, 0.1) is 0 Å². The van der Waals surface area contributed by atoms with E-state index in [4.69, 9.17) is 9.47 Å². The van der Waals surface area contributed by atoms with Crippen LogP contribution in [0.3, 0.4) is 0 Å². The fraction of sp³-hybridized carbons (Fsp3) is 0.632. The van der Waals surface area contributed by atoms with Crippen LogP contribution >= 0.6 is 0 Å². The van der Waals surface area contributed by atoms with Crippen molar-refractivity contribution >= 4 is 5.91 Å². The number of carbonyl (C=O) groups excluding carboxylic acids is 1. The Morgan fingerprint density at radius 2 is 1.79 bits per heavy atom. The van der Waals surface area contributed by atoms with Gasteiger partial charge in [0.25, 0.3) is 0 Å². The second-order valence-corrected chi connectivity index (χ2v) is 7.04. The highest BCUT2D eigenvalue weighted by Gasteiger charge is 2.27. The molecule has 1 aromatic carbocycles. The highest BCUT2D eigenvalue weighted by Crippen LogP contribution is 2.32. The first-order chi connectivity index (χ1) is 11.8. The molecule has 0 N–H and O–H groups in total. The normalized spacial score (nSPS) is 21.4. The molecule has 5 heteroatoms. The molecule has 0 bridgehead atoms. The van der Waals surface area contributed by atoms with E-state index in [-0.39, 0.29) is 5.91 Å². The minimum atomic E-state index is 0.277. The molecule has 2 aliphatic heterocycles. The predicted molar refractivity (Wildman–Crippen MR) is 91.3 cm³/mol. The molecular formula is C19H26N2O3. The molecule has 0 aromatic heterocycles. The van der Waals surface area contributed by atoms with Gasteiger partial charge >= 0.3 is 0 Å². The monoisotopic (exact) mass is 330 g/mol. The fourth-order valence-corrected chi connectivity index (χ4v) is 4.11. The van der Waals surface area contributed by atoms with Gasteiger partial charge in [-0.3, -0.25) is 9.69 Å². The Morgan fingerprint density at radius 3 is 2.58 bits per heavy atom. The highest BCUT2D eigenvalue weighted by molar-refractivity contribution is 5.76. The van der Waals surface area contributed by atoms with Crippen molar-refractivity contribution in [1.29, 1.82) is 0 Å². The Hall–Kier alpha value is -1.75. The molecule has 1 amide bonds. The van der Waals surface area contributed by atoms with Gasteiger partial charge in [0.2, 0.25) is 12.7 Å². The van der Waals surface area contributed by atoms with Crippen molar-refractivity contribution in [3.05, 3.63) is 23.8 Å². The lowest BCUT2D eigenvalue weighted by molar-refractivity contribution is -0.133. The fourth-order valence-electron chi connectivity index (χ4n) is 4.11. The molecule has 0 radical (unpaired) electrons. The van der Waals surface area contributed by atoms with Crippen molar-refractivity contribution < 1.29 is 14.3 Å². The predicted octanol–water partition coefficient (Wildman–Crippen LogP) is 2.43. The number of hydrogen-bond donors (Lipinski definition) is 0. The number of amides is 1. The summed E-state index contributed by atoms with van der Waals surface area (Å²) in [6.07, 6.45) is 6.77. The number of nitrogens with zero attached hydrogens (tertiary/aromatic N) is 2. The number of benzene rings is 1. The van der Waals surface area contributed by atoms with Gasteiger partial charge in [0.1, 0.15) is 0 Å². The Morgan fingerprint density at radius 1 is 1.04 bits per heavy atom. The Kier molecular flexibility index (Phi) is 4.60. The molecule has 0 spiro atoms. The van der Waals surface area contributed by atoms with Crippen LogP contribution in [0.5, 0.6) is 11.5 Å². The standard InChI is InChI=1S/C19H26N2O3/c22-19(8-6-15-5-7-17-18(13-15)24-14-23-17)21-11-9-20(10-12-21)16-3-1-2-4-16/h5,7,13,16H,1-4,6,8-12,14H2. The van der Waals surface area contributed by atoms with Crippen LogP contribution in [0.2, 0.25) is 0 Å². The third-order valence-corrected chi connectivity index (χ3v) is 5.57. The molecule has 1 aliphatic carbocycles. The highest BCUT2D eigenvalue weighted by atomic mass is 16.7. The van der Waals surface area contributed by atoms with E-state index in [0.29, 0.717) is 13.2 Å². The molecule has 0 unspecified atom stereocenters. The van der Waals surface area contributed by atoms with Crippen LogP contribution in [0.25, 0.3) is 0 Å². The number of rotatable bonds is 4. The van der Waals surface area contributed by atoms with Gasteiger partial charge in [-0.2, -0.15) is 0 Å². The zero-order valence-electron chi connectivity index (χ0n) is 14.2. The lowest BCUT2D eigenvalue weighted by Crippen LogP contribution is -2.51. The van der Waals surface area contributed by atoms with Crippen molar-refractivity contribution in [2.24, 2.45) is 0 Å². The molecule has 5 nitrogen and oxygen atoms in total. The van der Waals surface area contributed by atoms with Crippen LogP contribution in [-0.4, -0.2) is 54.7 Å². The van der Waals surface area contributed by atoms with Gasteiger partial charge in [-0.25, -0.2) is 0 Å². The summed E-state index contributed by atoms with van der Waals surface area (Å²) in [7, 11) is 0. The van der Waals surface area contributed by atoms with Crippen molar-refractivity contribution in [3.63, 3.8) is 0 Å². The first-order valence-electron chi connectivity index (χ1n) is 9.20. The van der Waals surface area contributed by atoms with E-state index < -0.39 is 0 Å². The number of carbonyl (C=O) groups is 1. The second-order valence-electron chi connectivity index (χ2n) is 7.04. The van der Waals surface area contributed by atoms with Crippen LogP contribution in [0.15, 0.2) is 18.2 Å². The SMILES string of the molecule is O=C(CCc1ccc2c(c1)OCO2)N1CCN(C2CCCC2)CC1.